The molecule has 0 spiro atoms. The third-order valence-electron chi connectivity index (χ3n) is 4.83. The Bertz CT molecular complexity index is 1100. The number of carbonyl (C=O) groups is 1. The number of aromatic nitrogens is 3. The molecule has 2 amide bonds. The first kappa shape index (κ1) is 19.6. The van der Waals surface area contributed by atoms with Gasteiger partial charge >= 0.3 is 6.03 Å². The summed E-state index contributed by atoms with van der Waals surface area (Å²) < 4.78 is 42.4. The summed E-state index contributed by atoms with van der Waals surface area (Å²) >= 11 is 0. The van der Waals surface area contributed by atoms with E-state index in [1.165, 1.54) is 35.5 Å². The number of alkyl halides is 1. The van der Waals surface area contributed by atoms with Gasteiger partial charge in [0.2, 0.25) is 0 Å². The first-order chi connectivity index (χ1) is 14.4. The summed E-state index contributed by atoms with van der Waals surface area (Å²) in [5, 5.41) is 2.53. The molecule has 0 bridgehead atoms. The molecule has 2 aromatic heterocycles. The summed E-state index contributed by atoms with van der Waals surface area (Å²) in [6, 6.07) is 6.96. The Morgan fingerprint density at radius 2 is 1.93 bits per heavy atom. The minimum atomic E-state index is -1.85. The Labute approximate surface area is 169 Å². The van der Waals surface area contributed by atoms with Gasteiger partial charge in [-0.3, -0.25) is 5.32 Å². The van der Waals surface area contributed by atoms with Crippen LogP contribution in [0.5, 0.6) is 0 Å². The number of nitrogen functional groups attached to an aromatic ring is 1. The van der Waals surface area contributed by atoms with E-state index in [1.54, 1.807) is 6.07 Å². The van der Waals surface area contributed by atoms with Crippen LogP contribution in [0.15, 0.2) is 48.8 Å². The first-order valence-electron chi connectivity index (χ1n) is 9.10. The molecule has 1 aliphatic heterocycles. The number of carbonyl (C=O) groups excluding carboxylic acids is 1. The number of nitrogens with zero attached hydrogens (tertiary/aromatic N) is 4. The van der Waals surface area contributed by atoms with Gasteiger partial charge in [-0.1, -0.05) is 0 Å². The van der Waals surface area contributed by atoms with E-state index in [9.17, 15) is 13.6 Å². The van der Waals surface area contributed by atoms with Gasteiger partial charge in [0.1, 0.15) is 11.6 Å². The van der Waals surface area contributed by atoms with Gasteiger partial charge in [-0.15, -0.1) is 0 Å². The second kappa shape index (κ2) is 7.62. The van der Waals surface area contributed by atoms with Crippen LogP contribution < -0.4 is 11.1 Å². The Kier molecular flexibility index (Phi) is 4.98. The number of anilines is 2. The van der Waals surface area contributed by atoms with Crippen LogP contribution in [-0.4, -0.2) is 39.0 Å². The maximum atomic E-state index is 15.2. The highest BCUT2D eigenvalue weighted by molar-refractivity contribution is 5.92. The SMILES string of the molecule is Nc1ccc(-c2ccc(F)cc2F)nc1NC(=O)N1CCC(F)(c2ncccn2)C1. The molecular weight excluding hydrogens is 397 g/mol. The highest BCUT2D eigenvalue weighted by Crippen LogP contribution is 2.34. The predicted octanol–water partition coefficient (Wildman–Crippen LogP) is 3.50. The van der Waals surface area contributed by atoms with Gasteiger partial charge in [-0.2, -0.15) is 0 Å². The van der Waals surface area contributed by atoms with Crippen LogP contribution in [0.25, 0.3) is 11.3 Å². The third kappa shape index (κ3) is 3.76. The fourth-order valence-electron chi connectivity index (χ4n) is 3.26. The van der Waals surface area contributed by atoms with E-state index in [1.807, 2.05) is 0 Å². The summed E-state index contributed by atoms with van der Waals surface area (Å²) in [5.41, 5.74) is 4.39. The smallest absolute Gasteiger partial charge is 0.323 e. The summed E-state index contributed by atoms with van der Waals surface area (Å²) in [7, 11) is 0. The van der Waals surface area contributed by atoms with Gasteiger partial charge in [0.15, 0.2) is 17.3 Å². The molecule has 0 saturated carbocycles. The van der Waals surface area contributed by atoms with Crippen molar-refractivity contribution in [2.24, 2.45) is 0 Å². The second-order valence-electron chi connectivity index (χ2n) is 6.90. The minimum Gasteiger partial charge on any atom is -0.396 e. The Balaban J connectivity index is 1.52. The molecule has 1 aliphatic rings. The van der Waals surface area contributed by atoms with E-state index in [4.69, 9.17) is 5.73 Å². The van der Waals surface area contributed by atoms with Crippen LogP contribution in [0, 0.1) is 11.6 Å². The number of amides is 2. The average molecular weight is 414 g/mol. The zero-order valence-corrected chi connectivity index (χ0v) is 15.6. The molecule has 3 N–H and O–H groups in total. The maximum absolute atomic E-state index is 15.2. The molecule has 4 rings (SSSR count). The van der Waals surface area contributed by atoms with Crippen molar-refractivity contribution in [3.63, 3.8) is 0 Å². The van der Waals surface area contributed by atoms with Crippen LogP contribution in [0.1, 0.15) is 12.2 Å². The molecule has 1 unspecified atom stereocenters. The highest BCUT2D eigenvalue weighted by atomic mass is 19.1. The van der Waals surface area contributed by atoms with Crippen LogP contribution in [0.2, 0.25) is 0 Å². The summed E-state index contributed by atoms with van der Waals surface area (Å²) in [5.74, 6) is -1.50. The molecule has 7 nitrogen and oxygen atoms in total. The van der Waals surface area contributed by atoms with E-state index in [2.05, 4.69) is 20.3 Å². The standard InChI is InChI=1S/C20H17F3N6O/c21-12-2-3-13(14(22)10-12)16-5-4-15(24)17(27-16)28-19(30)29-9-6-20(23,11-29)18-25-7-1-8-26-18/h1-5,7-8,10H,6,9,11,24H2,(H,27,28,30). The molecule has 3 heterocycles. The van der Waals surface area contributed by atoms with E-state index in [-0.39, 0.29) is 48.1 Å². The predicted molar refractivity (Wildman–Crippen MR) is 104 cm³/mol. The number of hydrogen-bond acceptors (Lipinski definition) is 5. The molecule has 1 saturated heterocycles. The molecule has 0 aliphatic carbocycles. The fourth-order valence-corrected chi connectivity index (χ4v) is 3.26. The molecule has 10 heteroatoms. The Morgan fingerprint density at radius 1 is 1.17 bits per heavy atom. The van der Waals surface area contributed by atoms with Gasteiger partial charge in [-0.05, 0) is 30.3 Å². The largest absolute Gasteiger partial charge is 0.396 e. The van der Waals surface area contributed by atoms with Crippen molar-refractivity contribution in [3.05, 3.63) is 66.3 Å². The van der Waals surface area contributed by atoms with Gasteiger partial charge in [0, 0.05) is 37.0 Å². The van der Waals surface area contributed by atoms with Crippen molar-refractivity contribution in [2.45, 2.75) is 12.1 Å². The van der Waals surface area contributed by atoms with Gasteiger partial charge in [-0.25, -0.2) is 32.9 Å². The van der Waals surface area contributed by atoms with Crippen molar-refractivity contribution < 1.29 is 18.0 Å². The number of nitrogens with one attached hydrogen (secondary N) is 1. The molecule has 3 aromatic rings. The normalized spacial score (nSPS) is 18.4. The quantitative estimate of drug-likeness (QED) is 0.684. The molecular formula is C20H17F3N6O. The van der Waals surface area contributed by atoms with Crippen LogP contribution in [0.4, 0.5) is 29.5 Å². The van der Waals surface area contributed by atoms with Gasteiger partial charge < -0.3 is 10.6 Å². The lowest BCUT2D eigenvalue weighted by Gasteiger charge is -2.20. The van der Waals surface area contributed by atoms with Gasteiger partial charge in [0.25, 0.3) is 0 Å². The van der Waals surface area contributed by atoms with Crippen molar-refractivity contribution in [3.8, 4) is 11.3 Å². The van der Waals surface area contributed by atoms with Crippen molar-refractivity contribution >= 4 is 17.5 Å². The average Bonchev–Trinajstić information content (AvgIpc) is 3.14. The maximum Gasteiger partial charge on any atom is 0.323 e. The fraction of sp³-hybridized carbons (Fsp3) is 0.200. The van der Waals surface area contributed by atoms with Crippen molar-refractivity contribution in [1.29, 1.82) is 0 Å². The summed E-state index contributed by atoms with van der Waals surface area (Å²) in [6.07, 6.45) is 2.93. The zero-order valence-electron chi connectivity index (χ0n) is 15.6. The number of hydrogen-bond donors (Lipinski definition) is 2. The number of likely N-dealkylation sites (tertiary alicyclic amines) is 1. The molecule has 30 heavy (non-hydrogen) atoms. The molecule has 1 atom stereocenters. The van der Waals surface area contributed by atoms with E-state index in [0.29, 0.717) is 0 Å². The number of rotatable bonds is 3. The van der Waals surface area contributed by atoms with E-state index >= 15 is 4.39 Å². The lowest BCUT2D eigenvalue weighted by Crippen LogP contribution is -2.36. The highest BCUT2D eigenvalue weighted by Gasteiger charge is 2.44. The number of halogens is 3. The van der Waals surface area contributed by atoms with Crippen LogP contribution in [0.3, 0.4) is 0 Å². The van der Waals surface area contributed by atoms with Gasteiger partial charge in [0.05, 0.1) is 17.9 Å². The molecule has 1 aromatic carbocycles. The van der Waals surface area contributed by atoms with E-state index in [0.717, 1.165) is 12.1 Å². The Morgan fingerprint density at radius 3 is 2.67 bits per heavy atom. The lowest BCUT2D eigenvalue weighted by molar-refractivity contribution is 0.158. The summed E-state index contributed by atoms with van der Waals surface area (Å²) in [6.45, 7) is -0.0815. The molecule has 1 fully saturated rings. The van der Waals surface area contributed by atoms with Crippen molar-refractivity contribution in [2.75, 3.05) is 24.1 Å². The van der Waals surface area contributed by atoms with Crippen molar-refractivity contribution in [1.82, 2.24) is 19.9 Å². The zero-order chi connectivity index (χ0) is 21.3. The second-order valence-corrected chi connectivity index (χ2v) is 6.90. The number of benzene rings is 1. The molecule has 0 radical (unpaired) electrons. The lowest BCUT2D eigenvalue weighted by atomic mass is 10.1. The first-order valence-corrected chi connectivity index (χ1v) is 9.10. The topological polar surface area (TPSA) is 97.0 Å². The number of pyridine rings is 1. The Hall–Kier alpha value is -3.69. The minimum absolute atomic E-state index is 0.00598. The monoisotopic (exact) mass is 414 g/mol. The summed E-state index contributed by atoms with van der Waals surface area (Å²) in [4.78, 5) is 26.0. The number of nitrogens with two attached hydrogens (primary N) is 1. The number of urea groups is 1. The van der Waals surface area contributed by atoms with Crippen LogP contribution >= 0.6 is 0 Å². The van der Waals surface area contributed by atoms with Crippen LogP contribution in [-0.2, 0) is 5.67 Å². The third-order valence-corrected chi connectivity index (χ3v) is 4.83. The molecule has 154 valence electrons. The van der Waals surface area contributed by atoms with E-state index < -0.39 is 23.3 Å².